The van der Waals surface area contributed by atoms with Crippen LogP contribution in [0.25, 0.3) is 0 Å². The van der Waals surface area contributed by atoms with Gasteiger partial charge < -0.3 is 15.3 Å². The van der Waals surface area contributed by atoms with Crippen molar-refractivity contribution in [2.45, 2.75) is 110 Å². The van der Waals surface area contributed by atoms with Gasteiger partial charge in [0.25, 0.3) is 0 Å². The van der Waals surface area contributed by atoms with E-state index in [0.717, 1.165) is 51.0 Å². The summed E-state index contributed by atoms with van der Waals surface area (Å²) >= 11 is 0. The molecular weight excluding hydrogens is 344 g/mol. The topological polar surface area (TPSA) is 94.8 Å². The van der Waals surface area contributed by atoms with Gasteiger partial charge in [-0.3, -0.25) is 9.59 Å². The van der Waals surface area contributed by atoms with Crippen molar-refractivity contribution < 1.29 is 24.9 Å². The predicted octanol–water partition coefficient (Wildman–Crippen LogP) is 5.56. The summed E-state index contributed by atoms with van der Waals surface area (Å²) in [4.78, 5) is 23.6. The molecule has 0 saturated carbocycles. The van der Waals surface area contributed by atoms with Gasteiger partial charge in [-0.15, -0.1) is 0 Å². The van der Waals surface area contributed by atoms with Gasteiger partial charge in [-0.25, -0.2) is 0 Å². The minimum atomic E-state index is -1.49. The summed E-state index contributed by atoms with van der Waals surface area (Å²) in [6.07, 6.45) is 13.1. The molecule has 0 saturated heterocycles. The Morgan fingerprint density at radius 2 is 1.26 bits per heavy atom. The predicted molar refractivity (Wildman–Crippen MR) is 109 cm³/mol. The molecular formula is C22H40O5. The number of hydrogen-bond acceptors (Lipinski definition) is 4. The largest absolute Gasteiger partial charge is 0.512 e. The molecule has 27 heavy (non-hydrogen) atoms. The van der Waals surface area contributed by atoms with Crippen LogP contribution in [0, 0.1) is 5.92 Å². The van der Waals surface area contributed by atoms with Crippen molar-refractivity contribution >= 4 is 11.8 Å². The van der Waals surface area contributed by atoms with Gasteiger partial charge in [0, 0.05) is 12.5 Å². The normalized spacial score (nSPS) is 14.1. The molecule has 0 aromatic carbocycles. The molecule has 0 spiro atoms. The Balaban J connectivity index is 4.30. The number of carboxylic acids is 1. The second-order valence-electron chi connectivity index (χ2n) is 7.50. The van der Waals surface area contributed by atoms with Crippen LogP contribution in [0.15, 0.2) is 11.8 Å². The van der Waals surface area contributed by atoms with Crippen LogP contribution in [0.5, 0.6) is 0 Å². The maximum atomic E-state index is 12.2. The van der Waals surface area contributed by atoms with E-state index in [1.54, 1.807) is 0 Å². The van der Waals surface area contributed by atoms with E-state index in [9.17, 15) is 24.9 Å². The van der Waals surface area contributed by atoms with Crippen LogP contribution < -0.4 is 0 Å². The summed E-state index contributed by atoms with van der Waals surface area (Å²) in [6.45, 7) is 4.28. The minimum Gasteiger partial charge on any atom is -0.512 e. The van der Waals surface area contributed by atoms with Crippen molar-refractivity contribution in [2.24, 2.45) is 5.92 Å². The third-order valence-corrected chi connectivity index (χ3v) is 4.91. The Hall–Kier alpha value is -1.36. The number of rotatable bonds is 18. The second-order valence-corrected chi connectivity index (χ2v) is 7.50. The lowest BCUT2D eigenvalue weighted by Crippen LogP contribution is -2.34. The number of carbonyl (C=O) groups is 2. The Labute approximate surface area is 164 Å². The van der Waals surface area contributed by atoms with E-state index in [1.807, 2.05) is 0 Å². The Kier molecular flexibility index (Phi) is 15.9. The number of aliphatic hydroxyl groups excluding tert-OH is 2. The molecule has 0 aliphatic heterocycles. The quantitative estimate of drug-likeness (QED) is 0.124. The summed E-state index contributed by atoms with van der Waals surface area (Å²) in [5.74, 6) is -3.63. The smallest absolute Gasteiger partial charge is 0.317 e. The SMILES string of the molecule is CCCCCCCCCC(O)=CC(=O)C(C(=O)O)C(O)CCCCCCC. The summed E-state index contributed by atoms with van der Waals surface area (Å²) < 4.78 is 0. The van der Waals surface area contributed by atoms with Crippen molar-refractivity contribution in [1.82, 2.24) is 0 Å². The van der Waals surface area contributed by atoms with Gasteiger partial charge in [-0.2, -0.15) is 0 Å². The highest BCUT2D eigenvalue weighted by molar-refractivity contribution is 6.05. The zero-order valence-corrected chi connectivity index (χ0v) is 17.3. The summed E-state index contributed by atoms with van der Waals surface area (Å²) in [5.41, 5.74) is 0. The fourth-order valence-corrected chi connectivity index (χ4v) is 3.19. The highest BCUT2D eigenvalue weighted by Gasteiger charge is 2.32. The number of carbonyl (C=O) groups excluding carboxylic acids is 1. The summed E-state index contributed by atoms with van der Waals surface area (Å²) in [7, 11) is 0. The van der Waals surface area contributed by atoms with E-state index in [1.165, 1.54) is 25.7 Å². The Morgan fingerprint density at radius 1 is 0.778 bits per heavy atom. The van der Waals surface area contributed by atoms with E-state index < -0.39 is 23.8 Å². The summed E-state index contributed by atoms with van der Waals surface area (Å²) in [5, 5.41) is 29.3. The maximum Gasteiger partial charge on any atom is 0.317 e. The molecule has 0 aromatic rings. The van der Waals surface area contributed by atoms with Gasteiger partial charge in [0.2, 0.25) is 0 Å². The second kappa shape index (κ2) is 16.8. The fraction of sp³-hybridized carbons (Fsp3) is 0.818. The first kappa shape index (κ1) is 25.6. The minimum absolute atomic E-state index is 0.0880. The lowest BCUT2D eigenvalue weighted by atomic mass is 9.92. The molecule has 0 rings (SSSR count). The number of aliphatic carboxylic acids is 1. The van der Waals surface area contributed by atoms with Gasteiger partial charge in [-0.1, -0.05) is 84.5 Å². The lowest BCUT2D eigenvalue weighted by molar-refractivity contribution is -0.149. The van der Waals surface area contributed by atoms with E-state index in [2.05, 4.69) is 13.8 Å². The van der Waals surface area contributed by atoms with Crippen molar-refractivity contribution in [3.8, 4) is 0 Å². The van der Waals surface area contributed by atoms with Crippen molar-refractivity contribution in [1.29, 1.82) is 0 Å². The molecule has 0 heterocycles. The van der Waals surface area contributed by atoms with Crippen LogP contribution in [0.4, 0.5) is 0 Å². The third-order valence-electron chi connectivity index (χ3n) is 4.91. The van der Waals surface area contributed by atoms with Gasteiger partial charge in [0.15, 0.2) is 5.78 Å². The van der Waals surface area contributed by atoms with Crippen molar-refractivity contribution in [2.75, 3.05) is 0 Å². The number of carboxylic acid groups (broad SMARTS) is 1. The molecule has 0 fully saturated rings. The van der Waals surface area contributed by atoms with Crippen molar-refractivity contribution in [3.63, 3.8) is 0 Å². The molecule has 0 bridgehead atoms. The summed E-state index contributed by atoms with van der Waals surface area (Å²) in [6, 6.07) is 0. The van der Waals surface area contributed by atoms with E-state index in [4.69, 9.17) is 0 Å². The van der Waals surface area contributed by atoms with Gasteiger partial charge in [-0.05, 0) is 12.8 Å². The molecule has 2 unspecified atom stereocenters. The molecule has 0 aromatic heterocycles. The molecule has 5 heteroatoms. The Morgan fingerprint density at radius 3 is 1.78 bits per heavy atom. The zero-order chi connectivity index (χ0) is 20.5. The average Bonchev–Trinajstić information content (AvgIpc) is 2.60. The lowest BCUT2D eigenvalue weighted by Gasteiger charge is -2.17. The highest BCUT2D eigenvalue weighted by Crippen LogP contribution is 2.17. The molecule has 0 aliphatic carbocycles. The first-order valence-corrected chi connectivity index (χ1v) is 10.8. The molecule has 5 nitrogen and oxygen atoms in total. The fourth-order valence-electron chi connectivity index (χ4n) is 3.19. The highest BCUT2D eigenvalue weighted by atomic mass is 16.4. The van der Waals surface area contributed by atoms with Crippen LogP contribution in [0.3, 0.4) is 0 Å². The molecule has 2 atom stereocenters. The zero-order valence-electron chi connectivity index (χ0n) is 17.3. The first-order chi connectivity index (χ1) is 12.9. The van der Waals surface area contributed by atoms with E-state index in [0.29, 0.717) is 19.3 Å². The van der Waals surface area contributed by atoms with Gasteiger partial charge >= 0.3 is 5.97 Å². The third kappa shape index (κ3) is 13.5. The average molecular weight is 385 g/mol. The number of unbranched alkanes of at least 4 members (excludes halogenated alkanes) is 10. The monoisotopic (exact) mass is 384 g/mol. The molecule has 0 aliphatic rings. The van der Waals surface area contributed by atoms with Crippen LogP contribution in [-0.2, 0) is 9.59 Å². The van der Waals surface area contributed by atoms with Crippen molar-refractivity contribution in [3.05, 3.63) is 11.8 Å². The Bertz CT molecular complexity index is 430. The van der Waals surface area contributed by atoms with E-state index >= 15 is 0 Å². The van der Waals surface area contributed by atoms with Gasteiger partial charge in [0.05, 0.1) is 11.9 Å². The van der Waals surface area contributed by atoms with E-state index in [-0.39, 0.29) is 5.76 Å². The van der Waals surface area contributed by atoms with Crippen LogP contribution in [0.2, 0.25) is 0 Å². The molecule has 0 amide bonds. The first-order valence-electron chi connectivity index (χ1n) is 10.8. The molecule has 3 N–H and O–H groups in total. The number of hydrogen-bond donors (Lipinski definition) is 3. The van der Waals surface area contributed by atoms with Crippen LogP contribution in [-0.4, -0.2) is 33.2 Å². The van der Waals surface area contributed by atoms with Crippen LogP contribution >= 0.6 is 0 Å². The van der Waals surface area contributed by atoms with Gasteiger partial charge in [0.1, 0.15) is 5.92 Å². The number of aliphatic hydroxyl groups is 2. The molecule has 158 valence electrons. The standard InChI is InChI=1S/C22H40O5/c1-3-5-7-9-10-12-13-15-18(23)17-20(25)21(22(26)27)19(24)16-14-11-8-6-4-2/h17,19,21,23-24H,3-16H2,1-2H3,(H,26,27). The number of ketones is 1. The maximum absolute atomic E-state index is 12.2. The van der Waals surface area contributed by atoms with Crippen LogP contribution in [0.1, 0.15) is 104 Å². The molecule has 0 radical (unpaired) electrons. The number of allylic oxidation sites excluding steroid dienone is 2.